The van der Waals surface area contributed by atoms with Crippen molar-refractivity contribution in [3.8, 4) is 0 Å². The molecular weight excluding hydrogens is 244 g/mol. The summed E-state index contributed by atoms with van der Waals surface area (Å²) in [4.78, 5) is 13.5. The van der Waals surface area contributed by atoms with E-state index in [0.717, 1.165) is 0 Å². The molecule has 3 atom stereocenters. The van der Waals surface area contributed by atoms with Crippen molar-refractivity contribution >= 4 is 12.2 Å². The molecule has 0 radical (unpaired) electrons. The lowest BCUT2D eigenvalue weighted by molar-refractivity contribution is -0.112. The normalized spacial score (nSPS) is 16.5. The summed E-state index contributed by atoms with van der Waals surface area (Å²) in [6.45, 7) is 2.94. The van der Waals surface area contributed by atoms with Gasteiger partial charge in [-0.15, -0.1) is 0 Å². The van der Waals surface area contributed by atoms with Crippen molar-refractivity contribution in [3.05, 3.63) is 27.4 Å². The van der Waals surface area contributed by atoms with E-state index in [-0.39, 0.29) is 16.9 Å². The van der Waals surface area contributed by atoms with Gasteiger partial charge in [0.2, 0.25) is 0 Å². The maximum Gasteiger partial charge on any atom is 0.251 e. The third kappa shape index (κ3) is 3.74. The van der Waals surface area contributed by atoms with E-state index < -0.39 is 18.4 Å². The molecule has 0 saturated heterocycles. The van der Waals surface area contributed by atoms with Gasteiger partial charge in [0.1, 0.15) is 12.3 Å². The minimum Gasteiger partial charge on any atom is -0.394 e. The zero-order valence-electron chi connectivity index (χ0n) is 9.66. The van der Waals surface area contributed by atoms with Crippen LogP contribution in [0.25, 0.3) is 0 Å². The van der Waals surface area contributed by atoms with E-state index in [4.69, 9.17) is 22.1 Å². The van der Waals surface area contributed by atoms with E-state index in [9.17, 15) is 9.90 Å². The number of H-pyrrole nitrogens is 1. The van der Waals surface area contributed by atoms with Gasteiger partial charge in [-0.25, -0.2) is 0 Å². The van der Waals surface area contributed by atoms with Crippen molar-refractivity contribution in [1.82, 2.24) is 9.55 Å². The second-order valence-corrected chi connectivity index (χ2v) is 4.10. The number of nitrogens with one attached hydrogen (secondary N) is 1. The van der Waals surface area contributed by atoms with Gasteiger partial charge in [-0.05, 0) is 26.1 Å². The number of nitrogens with zero attached hydrogens (tertiary/aromatic N) is 1. The smallest absolute Gasteiger partial charge is 0.251 e. The number of aliphatic hydroxyl groups is 2. The largest absolute Gasteiger partial charge is 0.394 e. The number of aliphatic hydroxyl groups excluding tert-OH is 2. The number of aromatic amines is 1. The molecule has 0 aromatic carbocycles. The van der Waals surface area contributed by atoms with Crippen LogP contribution < -0.4 is 5.56 Å². The highest BCUT2D eigenvalue weighted by molar-refractivity contribution is 7.71. The van der Waals surface area contributed by atoms with Crippen molar-refractivity contribution in [2.24, 2.45) is 0 Å². The Bertz CT molecular complexity index is 468. The van der Waals surface area contributed by atoms with E-state index in [0.29, 0.717) is 0 Å². The van der Waals surface area contributed by atoms with Crippen LogP contribution in [0.3, 0.4) is 0 Å². The number of hydrogen-bond acceptors (Lipinski definition) is 5. The molecule has 1 unspecified atom stereocenters. The summed E-state index contributed by atoms with van der Waals surface area (Å²) in [5, 5.41) is 18.4. The Labute approximate surface area is 103 Å². The predicted octanol–water partition coefficient (Wildman–Crippen LogP) is 0.183. The van der Waals surface area contributed by atoms with Crippen molar-refractivity contribution in [2.75, 3.05) is 6.61 Å². The van der Waals surface area contributed by atoms with Gasteiger partial charge in [0.25, 0.3) is 5.56 Å². The van der Waals surface area contributed by atoms with E-state index in [1.165, 1.54) is 23.8 Å². The van der Waals surface area contributed by atoms with E-state index in [1.807, 2.05) is 0 Å². The lowest BCUT2D eigenvalue weighted by atomic mass is 10.2. The van der Waals surface area contributed by atoms with Gasteiger partial charge < -0.3 is 14.9 Å². The number of ether oxygens (including phenoxy) is 1. The Kier molecular flexibility index (Phi) is 5.01. The van der Waals surface area contributed by atoms with Crippen LogP contribution in [0.4, 0.5) is 0 Å². The fourth-order valence-corrected chi connectivity index (χ4v) is 1.65. The van der Waals surface area contributed by atoms with Gasteiger partial charge in [0.05, 0.1) is 12.7 Å². The fraction of sp³-hybridized carbons (Fsp3) is 0.600. The molecule has 0 bridgehead atoms. The lowest BCUT2D eigenvalue weighted by Crippen LogP contribution is -2.32. The third-order valence-electron chi connectivity index (χ3n) is 2.33. The summed E-state index contributed by atoms with van der Waals surface area (Å²) in [7, 11) is 0. The van der Waals surface area contributed by atoms with Crippen molar-refractivity contribution in [3.63, 3.8) is 0 Å². The highest BCUT2D eigenvalue weighted by Crippen LogP contribution is 2.12. The molecule has 1 rings (SSSR count). The predicted molar refractivity (Wildman–Crippen MR) is 64.2 cm³/mol. The van der Waals surface area contributed by atoms with Crippen molar-refractivity contribution in [1.29, 1.82) is 0 Å². The van der Waals surface area contributed by atoms with E-state index in [2.05, 4.69) is 4.98 Å². The highest BCUT2D eigenvalue weighted by Gasteiger charge is 2.18. The quantitative estimate of drug-likeness (QED) is 0.657. The number of rotatable bonds is 5. The Balaban J connectivity index is 2.86. The monoisotopic (exact) mass is 260 g/mol. The molecule has 0 amide bonds. The average Bonchev–Trinajstić information content (AvgIpc) is 2.24. The fourth-order valence-electron chi connectivity index (χ4n) is 1.34. The maximum absolute atomic E-state index is 11.0. The first-order chi connectivity index (χ1) is 7.95. The van der Waals surface area contributed by atoms with Gasteiger partial charge in [0.15, 0.2) is 4.77 Å². The van der Waals surface area contributed by atoms with Gasteiger partial charge in [0, 0.05) is 12.3 Å². The molecule has 7 heteroatoms. The van der Waals surface area contributed by atoms with Crippen LogP contribution in [-0.4, -0.2) is 38.6 Å². The standard InChI is InChI=1S/C10H16N2O4S/c1-6(14)8(5-13)16-7(2)12-4-3-9(15)11-10(12)17/h3-4,6-8,13-14H,5H2,1-2H3,(H,11,15,17)/t6-,7-,8?/m1/s1. The number of hydrogen-bond donors (Lipinski definition) is 3. The Morgan fingerprint density at radius 2 is 2.24 bits per heavy atom. The van der Waals surface area contributed by atoms with Crippen LogP contribution >= 0.6 is 12.2 Å². The Morgan fingerprint density at radius 3 is 2.71 bits per heavy atom. The van der Waals surface area contributed by atoms with Crippen LogP contribution in [0, 0.1) is 4.77 Å². The first kappa shape index (κ1) is 14.0. The van der Waals surface area contributed by atoms with Gasteiger partial charge >= 0.3 is 0 Å². The second kappa shape index (κ2) is 6.06. The SMILES string of the molecule is C[C@@H](O)C(CO)O[C@H](C)n1ccc(=O)[nH]c1=S. The molecule has 96 valence electrons. The molecular formula is C10H16N2O4S. The van der Waals surface area contributed by atoms with Crippen molar-refractivity contribution < 1.29 is 14.9 Å². The maximum atomic E-state index is 11.0. The summed E-state index contributed by atoms with van der Waals surface area (Å²) >= 11 is 4.97. The topological polar surface area (TPSA) is 87.5 Å². The van der Waals surface area contributed by atoms with Crippen LogP contribution in [-0.2, 0) is 4.74 Å². The lowest BCUT2D eigenvalue weighted by Gasteiger charge is -2.24. The molecule has 3 N–H and O–H groups in total. The number of aromatic nitrogens is 2. The average molecular weight is 260 g/mol. The molecule has 0 aliphatic rings. The molecule has 17 heavy (non-hydrogen) atoms. The van der Waals surface area contributed by atoms with Crippen LogP contribution in [0.15, 0.2) is 17.1 Å². The molecule has 0 spiro atoms. The minimum absolute atomic E-state index is 0.229. The minimum atomic E-state index is -0.792. The molecule has 0 saturated carbocycles. The molecule has 0 aliphatic heterocycles. The molecule has 1 aromatic rings. The summed E-state index contributed by atoms with van der Waals surface area (Å²) in [5.74, 6) is 0. The Hall–Kier alpha value is -1.02. The summed E-state index contributed by atoms with van der Waals surface area (Å²) in [6, 6.07) is 1.33. The van der Waals surface area contributed by atoms with Crippen LogP contribution in [0.2, 0.25) is 0 Å². The van der Waals surface area contributed by atoms with Gasteiger partial charge in [-0.3, -0.25) is 14.3 Å². The summed E-state index contributed by atoms with van der Waals surface area (Å²) in [6.07, 6.45) is -0.480. The zero-order valence-corrected chi connectivity index (χ0v) is 10.5. The molecule has 6 nitrogen and oxygen atoms in total. The second-order valence-electron chi connectivity index (χ2n) is 3.71. The molecule has 0 fully saturated rings. The summed E-state index contributed by atoms with van der Waals surface area (Å²) < 4.78 is 7.20. The molecule has 1 aromatic heterocycles. The first-order valence-corrected chi connectivity index (χ1v) is 5.62. The first-order valence-electron chi connectivity index (χ1n) is 5.21. The highest BCUT2D eigenvalue weighted by atomic mass is 32.1. The molecule has 1 heterocycles. The van der Waals surface area contributed by atoms with Crippen molar-refractivity contribution in [2.45, 2.75) is 32.3 Å². The van der Waals surface area contributed by atoms with E-state index >= 15 is 0 Å². The van der Waals surface area contributed by atoms with Crippen LogP contribution in [0.5, 0.6) is 0 Å². The van der Waals surface area contributed by atoms with Crippen LogP contribution in [0.1, 0.15) is 20.1 Å². The van der Waals surface area contributed by atoms with Gasteiger partial charge in [-0.2, -0.15) is 0 Å². The molecule has 0 aliphatic carbocycles. The zero-order chi connectivity index (χ0) is 13.0. The summed E-state index contributed by atoms with van der Waals surface area (Å²) in [5.41, 5.74) is -0.285. The van der Waals surface area contributed by atoms with E-state index in [1.54, 1.807) is 6.92 Å². The third-order valence-corrected chi connectivity index (χ3v) is 2.65. The van der Waals surface area contributed by atoms with Gasteiger partial charge in [-0.1, -0.05) is 0 Å². The Morgan fingerprint density at radius 1 is 1.59 bits per heavy atom.